The van der Waals surface area contributed by atoms with Crippen LogP contribution in [0.4, 0.5) is 4.79 Å². The number of hydrogen-bond acceptors (Lipinski definition) is 3. The van der Waals surface area contributed by atoms with E-state index in [-0.39, 0.29) is 12.1 Å². The van der Waals surface area contributed by atoms with E-state index in [0.29, 0.717) is 23.4 Å². The van der Waals surface area contributed by atoms with Crippen LogP contribution in [-0.2, 0) is 6.54 Å². The fourth-order valence-electron chi connectivity index (χ4n) is 2.87. The summed E-state index contributed by atoms with van der Waals surface area (Å²) in [7, 11) is 1.59. The van der Waals surface area contributed by atoms with Crippen LogP contribution in [-0.4, -0.2) is 43.2 Å². The second-order valence-corrected chi connectivity index (χ2v) is 6.56. The van der Waals surface area contributed by atoms with E-state index < -0.39 is 0 Å². The Bertz CT molecular complexity index is 529. The van der Waals surface area contributed by atoms with Crippen LogP contribution >= 0.6 is 11.6 Å². The molecular weight excluding hydrogens is 314 g/mol. The Morgan fingerprint density at radius 1 is 1.39 bits per heavy atom. The number of carbonyl (C=O) groups is 1. The van der Waals surface area contributed by atoms with Crippen molar-refractivity contribution in [3.05, 3.63) is 28.8 Å². The molecule has 0 atom stereocenters. The molecule has 2 rings (SSSR count). The van der Waals surface area contributed by atoms with Gasteiger partial charge in [0.05, 0.1) is 7.11 Å². The lowest BCUT2D eigenvalue weighted by Gasteiger charge is -2.34. The minimum Gasteiger partial charge on any atom is -0.496 e. The number of piperidine rings is 1. The van der Waals surface area contributed by atoms with Crippen molar-refractivity contribution in [2.75, 3.05) is 20.2 Å². The lowest BCUT2D eigenvalue weighted by Crippen LogP contribution is -2.49. The van der Waals surface area contributed by atoms with Gasteiger partial charge in [-0.15, -0.1) is 0 Å². The molecule has 2 amide bonds. The Hall–Kier alpha value is -1.46. The average molecular weight is 340 g/mol. The summed E-state index contributed by atoms with van der Waals surface area (Å²) in [4.78, 5) is 14.5. The molecule has 0 aromatic heterocycles. The molecule has 23 heavy (non-hydrogen) atoms. The minimum atomic E-state index is -0.157. The van der Waals surface area contributed by atoms with Gasteiger partial charge in [-0.1, -0.05) is 17.7 Å². The van der Waals surface area contributed by atoms with Crippen molar-refractivity contribution in [1.29, 1.82) is 0 Å². The van der Waals surface area contributed by atoms with Crippen LogP contribution in [0, 0.1) is 0 Å². The molecule has 128 valence electrons. The van der Waals surface area contributed by atoms with Crippen molar-refractivity contribution in [2.24, 2.45) is 0 Å². The number of likely N-dealkylation sites (tertiary alicyclic amines) is 1. The summed E-state index contributed by atoms with van der Waals surface area (Å²) in [5.41, 5.74) is 0.793. The van der Waals surface area contributed by atoms with Gasteiger partial charge in [0.15, 0.2) is 0 Å². The summed E-state index contributed by atoms with van der Waals surface area (Å²) >= 11 is 6.17. The van der Waals surface area contributed by atoms with Gasteiger partial charge in [0.2, 0.25) is 0 Å². The first-order chi connectivity index (χ1) is 11.0. The highest BCUT2D eigenvalue weighted by atomic mass is 35.5. The zero-order valence-electron chi connectivity index (χ0n) is 14.1. The molecule has 0 aliphatic carbocycles. The highest BCUT2D eigenvalue weighted by Crippen LogP contribution is 2.25. The zero-order valence-corrected chi connectivity index (χ0v) is 14.8. The smallest absolute Gasteiger partial charge is 0.315 e. The van der Waals surface area contributed by atoms with Crippen LogP contribution in [0.3, 0.4) is 0 Å². The topological polar surface area (TPSA) is 53.6 Å². The molecule has 1 aliphatic rings. The van der Waals surface area contributed by atoms with Crippen molar-refractivity contribution in [2.45, 2.75) is 45.3 Å². The van der Waals surface area contributed by atoms with Gasteiger partial charge in [-0.25, -0.2) is 4.79 Å². The molecule has 1 aromatic carbocycles. The Labute approximate surface area is 143 Å². The van der Waals surface area contributed by atoms with E-state index in [2.05, 4.69) is 29.4 Å². The maximum absolute atomic E-state index is 12.1. The van der Waals surface area contributed by atoms with Gasteiger partial charge in [0.1, 0.15) is 5.75 Å². The third-order valence-corrected chi connectivity index (χ3v) is 4.67. The van der Waals surface area contributed by atoms with Gasteiger partial charge in [-0.05, 0) is 38.8 Å². The van der Waals surface area contributed by atoms with Crippen molar-refractivity contribution >= 4 is 17.6 Å². The van der Waals surface area contributed by atoms with Gasteiger partial charge >= 0.3 is 6.03 Å². The Morgan fingerprint density at radius 2 is 2.09 bits per heavy atom. The summed E-state index contributed by atoms with van der Waals surface area (Å²) in [6, 6.07) is 6.10. The number of hydrogen-bond donors (Lipinski definition) is 2. The summed E-state index contributed by atoms with van der Waals surface area (Å²) in [5, 5.41) is 6.51. The monoisotopic (exact) mass is 339 g/mol. The van der Waals surface area contributed by atoms with Crippen LogP contribution in [0.5, 0.6) is 5.75 Å². The van der Waals surface area contributed by atoms with E-state index in [1.165, 1.54) is 0 Å². The van der Waals surface area contributed by atoms with E-state index in [1.807, 2.05) is 12.1 Å². The van der Waals surface area contributed by atoms with Gasteiger partial charge < -0.3 is 20.3 Å². The fourth-order valence-corrected chi connectivity index (χ4v) is 3.10. The molecule has 1 saturated heterocycles. The Kier molecular flexibility index (Phi) is 6.54. The number of urea groups is 1. The van der Waals surface area contributed by atoms with Crippen molar-refractivity contribution in [3.63, 3.8) is 0 Å². The maximum Gasteiger partial charge on any atom is 0.315 e. The average Bonchev–Trinajstić information content (AvgIpc) is 2.54. The number of carbonyl (C=O) groups excluding carboxylic acids is 1. The fraction of sp³-hybridized carbons (Fsp3) is 0.588. The van der Waals surface area contributed by atoms with Crippen LogP contribution in [0.25, 0.3) is 0 Å². The van der Waals surface area contributed by atoms with E-state index in [0.717, 1.165) is 31.5 Å². The molecule has 0 saturated carbocycles. The molecule has 0 bridgehead atoms. The lowest BCUT2D eigenvalue weighted by atomic mass is 10.0. The summed E-state index contributed by atoms with van der Waals surface area (Å²) in [5.74, 6) is 0.683. The second kappa shape index (κ2) is 8.41. The second-order valence-electron chi connectivity index (χ2n) is 6.15. The van der Waals surface area contributed by atoms with Crippen LogP contribution in [0.15, 0.2) is 18.2 Å². The predicted octanol–water partition coefficient (Wildman–Crippen LogP) is 3.02. The third kappa shape index (κ3) is 5.01. The largest absolute Gasteiger partial charge is 0.496 e. The molecule has 2 N–H and O–H groups in total. The maximum atomic E-state index is 12.1. The van der Waals surface area contributed by atoms with E-state index in [1.54, 1.807) is 13.2 Å². The van der Waals surface area contributed by atoms with Crippen molar-refractivity contribution in [3.8, 4) is 5.75 Å². The van der Waals surface area contributed by atoms with Crippen molar-refractivity contribution in [1.82, 2.24) is 15.5 Å². The number of nitrogens with one attached hydrogen (secondary N) is 2. The molecular formula is C17H26ClN3O2. The predicted molar refractivity (Wildman–Crippen MR) is 93.1 cm³/mol. The van der Waals surface area contributed by atoms with Gasteiger partial charge in [-0.3, -0.25) is 0 Å². The van der Waals surface area contributed by atoms with Crippen LogP contribution in [0.2, 0.25) is 5.02 Å². The standard InChI is InChI=1S/C17H26ClN3O2/c1-12(2)21-9-7-13(8-10-21)20-17(22)19-11-14-15(18)5-4-6-16(14)23-3/h4-6,12-13H,7-11H2,1-3H3,(H2,19,20,22). The molecule has 1 aromatic rings. The molecule has 0 spiro atoms. The summed E-state index contributed by atoms with van der Waals surface area (Å²) in [6.07, 6.45) is 1.97. The number of benzene rings is 1. The van der Waals surface area contributed by atoms with Gasteiger partial charge in [0.25, 0.3) is 0 Å². The normalized spacial score (nSPS) is 16.4. The van der Waals surface area contributed by atoms with Crippen molar-refractivity contribution < 1.29 is 9.53 Å². The summed E-state index contributed by atoms with van der Waals surface area (Å²) < 4.78 is 5.28. The molecule has 1 heterocycles. The minimum absolute atomic E-state index is 0.157. The third-order valence-electron chi connectivity index (χ3n) is 4.32. The molecule has 0 unspecified atom stereocenters. The highest BCUT2D eigenvalue weighted by Gasteiger charge is 2.22. The SMILES string of the molecule is COc1cccc(Cl)c1CNC(=O)NC1CCN(C(C)C)CC1. The zero-order chi connectivity index (χ0) is 16.8. The first kappa shape index (κ1) is 17.9. The number of halogens is 1. The van der Waals surface area contributed by atoms with E-state index >= 15 is 0 Å². The van der Waals surface area contributed by atoms with Gasteiger partial charge in [0, 0.05) is 42.3 Å². The highest BCUT2D eigenvalue weighted by molar-refractivity contribution is 6.31. The number of nitrogens with zero attached hydrogens (tertiary/aromatic N) is 1. The molecule has 0 radical (unpaired) electrons. The first-order valence-corrected chi connectivity index (χ1v) is 8.49. The lowest BCUT2D eigenvalue weighted by molar-refractivity contribution is 0.161. The van der Waals surface area contributed by atoms with Crippen LogP contribution < -0.4 is 15.4 Å². The Morgan fingerprint density at radius 3 is 2.70 bits per heavy atom. The Balaban J connectivity index is 1.80. The number of rotatable bonds is 5. The quantitative estimate of drug-likeness (QED) is 0.867. The first-order valence-electron chi connectivity index (χ1n) is 8.11. The number of amides is 2. The molecule has 1 aliphatic heterocycles. The molecule has 5 nitrogen and oxygen atoms in total. The molecule has 6 heteroatoms. The van der Waals surface area contributed by atoms with E-state index in [4.69, 9.17) is 16.3 Å². The van der Waals surface area contributed by atoms with Gasteiger partial charge in [-0.2, -0.15) is 0 Å². The molecule has 1 fully saturated rings. The number of ether oxygens (including phenoxy) is 1. The number of methoxy groups -OCH3 is 1. The van der Waals surface area contributed by atoms with E-state index in [9.17, 15) is 4.79 Å². The van der Waals surface area contributed by atoms with Crippen LogP contribution in [0.1, 0.15) is 32.3 Å². The summed E-state index contributed by atoms with van der Waals surface area (Å²) in [6.45, 7) is 6.82.